The Kier molecular flexibility index (Phi) is 4.26. The van der Waals surface area contributed by atoms with Crippen LogP contribution in [0.2, 0.25) is 0 Å². The van der Waals surface area contributed by atoms with Crippen LogP contribution in [0.3, 0.4) is 0 Å². The van der Waals surface area contributed by atoms with Crippen molar-refractivity contribution in [1.29, 1.82) is 10.5 Å². The Balaban J connectivity index is 1.96. The summed E-state index contributed by atoms with van der Waals surface area (Å²) in [6.07, 6.45) is 0.589. The van der Waals surface area contributed by atoms with Crippen LogP contribution < -0.4 is 0 Å². The molecule has 32 heavy (non-hydrogen) atoms. The molecule has 0 saturated carbocycles. The number of aryl methyl sites for hydroxylation is 1. The molecule has 0 saturated heterocycles. The summed E-state index contributed by atoms with van der Waals surface area (Å²) in [5.41, 5.74) is 2.84. The first kappa shape index (κ1) is 20.6. The molecule has 0 aromatic heterocycles. The number of ether oxygens (including phenoxy) is 2. The smallest absolute Gasteiger partial charge is 0.354 e. The average Bonchev–Trinajstić information content (AvgIpc) is 3.14. The summed E-state index contributed by atoms with van der Waals surface area (Å²) < 4.78 is 12.1. The van der Waals surface area contributed by atoms with E-state index in [1.165, 1.54) is 0 Å². The van der Waals surface area contributed by atoms with Crippen molar-refractivity contribution in [3.05, 3.63) is 68.6 Å². The van der Waals surface area contributed by atoms with Gasteiger partial charge in [-0.2, -0.15) is 10.5 Å². The summed E-state index contributed by atoms with van der Waals surface area (Å²) in [6.45, 7) is 8.10. The van der Waals surface area contributed by atoms with E-state index in [0.29, 0.717) is 23.7 Å². The highest BCUT2D eigenvalue weighted by Crippen LogP contribution is 2.67. The first-order valence-corrected chi connectivity index (χ1v) is 11.1. The number of hydrogen-bond donors (Lipinski definition) is 0. The minimum Gasteiger partial charge on any atom is -0.458 e. The van der Waals surface area contributed by atoms with Gasteiger partial charge in [0.2, 0.25) is 5.60 Å². The van der Waals surface area contributed by atoms with Gasteiger partial charge in [-0.1, -0.05) is 56.6 Å². The van der Waals surface area contributed by atoms with Crippen LogP contribution in [0.25, 0.3) is 11.1 Å². The van der Waals surface area contributed by atoms with Crippen LogP contribution in [0.5, 0.6) is 0 Å². The first-order chi connectivity index (χ1) is 15.3. The summed E-state index contributed by atoms with van der Waals surface area (Å²) in [6, 6.07) is 12.8. The van der Waals surface area contributed by atoms with E-state index in [1.807, 2.05) is 26.0 Å². The summed E-state index contributed by atoms with van der Waals surface area (Å²) in [5.74, 6) is 0.0349. The van der Waals surface area contributed by atoms with E-state index in [9.17, 15) is 15.3 Å². The summed E-state index contributed by atoms with van der Waals surface area (Å²) in [7, 11) is 0. The van der Waals surface area contributed by atoms with Crippen molar-refractivity contribution in [1.82, 2.24) is 0 Å². The molecule has 2 heterocycles. The Hall–Kier alpha value is -3.28. The zero-order valence-electron chi connectivity index (χ0n) is 18.3. The lowest BCUT2D eigenvalue weighted by Gasteiger charge is -2.49. The normalized spacial score (nSPS) is 25.8. The van der Waals surface area contributed by atoms with E-state index in [0.717, 1.165) is 27.8 Å². The molecule has 0 amide bonds. The molecule has 3 aliphatic carbocycles. The Morgan fingerprint density at radius 3 is 2.62 bits per heavy atom. The van der Waals surface area contributed by atoms with Gasteiger partial charge in [0.05, 0.1) is 11.6 Å². The average molecular weight is 445 g/mol. The highest BCUT2D eigenvalue weighted by molar-refractivity contribution is 6.42. The summed E-state index contributed by atoms with van der Waals surface area (Å²) in [5, 5.41) is 20.6. The van der Waals surface area contributed by atoms with Gasteiger partial charge in [-0.3, -0.25) is 0 Å². The minimum absolute atomic E-state index is 0.120. The van der Waals surface area contributed by atoms with Gasteiger partial charge in [-0.05, 0) is 40.7 Å². The van der Waals surface area contributed by atoms with Crippen molar-refractivity contribution in [2.45, 2.75) is 52.1 Å². The third-order valence-corrected chi connectivity index (χ3v) is 7.36. The van der Waals surface area contributed by atoms with Gasteiger partial charge in [-0.25, -0.2) is 4.79 Å². The van der Waals surface area contributed by atoms with Gasteiger partial charge in [0, 0.05) is 18.4 Å². The number of esters is 1. The number of allylic oxidation sites excluding steroid dienone is 1. The molecule has 0 N–H and O–H groups in total. The second-order valence-corrected chi connectivity index (χ2v) is 9.34. The molecule has 5 rings (SSSR count). The Bertz CT molecular complexity index is 1340. The van der Waals surface area contributed by atoms with Crippen LogP contribution in [0.1, 0.15) is 55.4 Å². The molecule has 5 aliphatic rings. The summed E-state index contributed by atoms with van der Waals surface area (Å²) >= 11 is 6.41. The highest BCUT2D eigenvalue weighted by atomic mass is 35.5. The number of carbonyl (C=O) groups excluding carboxylic acids is 1. The van der Waals surface area contributed by atoms with E-state index in [4.69, 9.17) is 21.1 Å². The van der Waals surface area contributed by atoms with Gasteiger partial charge in [-0.15, -0.1) is 0 Å². The fraction of sp³-hybridized carbons (Fsp3) is 0.346. The number of nitriles is 2. The van der Waals surface area contributed by atoms with Gasteiger partial charge in [0.25, 0.3) is 0 Å². The topological polar surface area (TPSA) is 83.1 Å². The number of hydrogen-bond acceptors (Lipinski definition) is 5. The molecule has 0 radical (unpaired) electrons. The van der Waals surface area contributed by atoms with Crippen molar-refractivity contribution in [2.75, 3.05) is 0 Å². The maximum absolute atomic E-state index is 12.8. The third kappa shape index (κ3) is 2.20. The number of nitrogens with zero attached hydrogens (tertiary/aromatic N) is 2. The monoisotopic (exact) mass is 444 g/mol. The van der Waals surface area contributed by atoms with Crippen molar-refractivity contribution in [3.8, 4) is 23.3 Å². The maximum Gasteiger partial charge on any atom is 0.354 e. The van der Waals surface area contributed by atoms with Crippen LogP contribution in [-0.4, -0.2) is 5.97 Å². The zero-order chi connectivity index (χ0) is 23.0. The Morgan fingerprint density at radius 1 is 1.25 bits per heavy atom. The lowest BCUT2D eigenvalue weighted by Crippen LogP contribution is -2.54. The molecule has 2 aliphatic heterocycles. The van der Waals surface area contributed by atoms with Crippen LogP contribution >= 0.6 is 11.6 Å². The molecule has 0 unspecified atom stereocenters. The van der Waals surface area contributed by atoms with Crippen LogP contribution in [0.15, 0.2) is 46.4 Å². The van der Waals surface area contributed by atoms with Crippen molar-refractivity contribution in [3.63, 3.8) is 0 Å². The highest BCUT2D eigenvalue weighted by Gasteiger charge is 2.71. The Labute approximate surface area is 191 Å². The number of halogens is 1. The molecule has 6 heteroatoms. The van der Waals surface area contributed by atoms with E-state index < -0.39 is 17.0 Å². The van der Waals surface area contributed by atoms with E-state index in [2.05, 4.69) is 38.1 Å². The molecule has 0 fully saturated rings. The van der Waals surface area contributed by atoms with Crippen molar-refractivity contribution >= 4 is 17.6 Å². The van der Waals surface area contributed by atoms with Gasteiger partial charge < -0.3 is 9.47 Å². The second kappa shape index (κ2) is 6.61. The lowest BCUT2D eigenvalue weighted by atomic mass is 9.56. The van der Waals surface area contributed by atoms with E-state index in [-0.39, 0.29) is 22.8 Å². The maximum atomic E-state index is 12.8. The Morgan fingerprint density at radius 2 is 2.00 bits per heavy atom. The van der Waals surface area contributed by atoms with Crippen LogP contribution in [0, 0.1) is 35.0 Å². The molecule has 5 nitrogen and oxygen atoms in total. The molecular weight excluding hydrogens is 424 g/mol. The van der Waals surface area contributed by atoms with Gasteiger partial charge >= 0.3 is 5.97 Å². The molecular formula is C26H21ClN2O3. The standard InChI is InChI=1S/C26H21ClN2O3/c1-5-20-19(11-28)25(12-29)10-16-7-6-15(13(2)3)9-17-14(4)8-18(21(16)17)26(25)23(31-20)22(27)24(30)32-26/h6-9,13H,5,10H2,1-4H3/t25-,26+/m0/s1. The zero-order valence-corrected chi connectivity index (χ0v) is 19.1. The van der Waals surface area contributed by atoms with Crippen LogP contribution in [-0.2, 0) is 26.3 Å². The molecule has 0 bridgehead atoms. The second-order valence-electron chi connectivity index (χ2n) is 8.96. The van der Waals surface area contributed by atoms with Crippen LogP contribution in [0.4, 0.5) is 0 Å². The molecule has 0 aromatic rings. The first-order valence-electron chi connectivity index (χ1n) is 10.7. The third-order valence-electron chi connectivity index (χ3n) is 7.03. The minimum atomic E-state index is -1.59. The predicted molar refractivity (Wildman–Crippen MR) is 118 cm³/mol. The van der Waals surface area contributed by atoms with E-state index >= 15 is 0 Å². The predicted octanol–water partition coefficient (Wildman–Crippen LogP) is 5.71. The summed E-state index contributed by atoms with van der Waals surface area (Å²) in [4.78, 5) is 12.8. The van der Waals surface area contributed by atoms with E-state index in [1.54, 1.807) is 0 Å². The molecule has 2 atom stereocenters. The lowest BCUT2D eigenvalue weighted by molar-refractivity contribution is -0.160. The van der Waals surface area contributed by atoms with Crippen molar-refractivity contribution in [2.24, 2.45) is 5.41 Å². The largest absolute Gasteiger partial charge is 0.458 e. The van der Waals surface area contributed by atoms with Gasteiger partial charge in [0.1, 0.15) is 11.8 Å². The fourth-order valence-electron chi connectivity index (χ4n) is 5.47. The number of carbonyl (C=O) groups is 1. The van der Waals surface area contributed by atoms with Gasteiger partial charge in [0.15, 0.2) is 16.2 Å². The van der Waals surface area contributed by atoms with Crippen molar-refractivity contribution < 1.29 is 14.3 Å². The SMILES string of the molecule is CCC1=C(C#N)[C@@]2(C#N)Cc3ccc(C(C)C)cc4c(C)cc(c3-4)[C@]23OC(=O)C(Cl)=C3O1. The number of rotatable bonds is 2. The quantitative estimate of drug-likeness (QED) is 0.554. The fourth-order valence-corrected chi connectivity index (χ4v) is 5.68. The molecule has 160 valence electrons. The molecule has 0 aromatic carbocycles. The molecule has 1 spiro atoms.